The molecule has 0 N–H and O–H groups in total. The van der Waals surface area contributed by atoms with Crippen molar-refractivity contribution >= 4 is 0 Å². The summed E-state index contributed by atoms with van der Waals surface area (Å²) in [7, 11) is 1.92. The fourth-order valence-electron chi connectivity index (χ4n) is 1.31. The molecule has 0 unspecified atom stereocenters. The van der Waals surface area contributed by atoms with Crippen molar-refractivity contribution < 1.29 is 0 Å². The van der Waals surface area contributed by atoms with Crippen molar-refractivity contribution in [1.29, 1.82) is 0 Å². The van der Waals surface area contributed by atoms with Gasteiger partial charge in [0.25, 0.3) is 0 Å². The average molecular weight is 173 g/mol. The molecule has 0 aromatic carbocycles. The molecule has 2 rings (SSSR count). The minimum atomic E-state index is 0.972. The zero-order valence-corrected chi connectivity index (χ0v) is 7.73. The second kappa shape index (κ2) is 3.01. The summed E-state index contributed by atoms with van der Waals surface area (Å²) >= 11 is 0. The van der Waals surface area contributed by atoms with Gasteiger partial charge in [-0.2, -0.15) is 5.10 Å². The standard InChI is InChI=1S/C10H11N3/c1-8-4-3-5-9(12-8)10-6-7-11-13(10)2/h3-7H,1-2H3. The van der Waals surface area contributed by atoms with Gasteiger partial charge in [0.05, 0.1) is 11.4 Å². The zero-order chi connectivity index (χ0) is 9.26. The molecule has 0 radical (unpaired) electrons. The third-order valence-electron chi connectivity index (χ3n) is 1.97. The molecule has 0 spiro atoms. The largest absolute Gasteiger partial charge is 0.266 e. The number of hydrogen-bond donors (Lipinski definition) is 0. The van der Waals surface area contributed by atoms with Crippen molar-refractivity contribution in [3.8, 4) is 11.4 Å². The van der Waals surface area contributed by atoms with Crippen molar-refractivity contribution in [2.45, 2.75) is 6.92 Å². The Labute approximate surface area is 77.0 Å². The number of aryl methyl sites for hydroxylation is 2. The van der Waals surface area contributed by atoms with E-state index in [4.69, 9.17) is 0 Å². The summed E-state index contributed by atoms with van der Waals surface area (Å²) in [5, 5.41) is 4.10. The lowest BCUT2D eigenvalue weighted by Gasteiger charge is -2.01. The monoisotopic (exact) mass is 173 g/mol. The maximum Gasteiger partial charge on any atom is 0.0886 e. The molecule has 0 amide bonds. The van der Waals surface area contributed by atoms with Crippen LogP contribution in [-0.2, 0) is 7.05 Å². The number of hydrogen-bond acceptors (Lipinski definition) is 2. The van der Waals surface area contributed by atoms with Crippen molar-refractivity contribution in [2.75, 3.05) is 0 Å². The van der Waals surface area contributed by atoms with Gasteiger partial charge in [-0.3, -0.25) is 9.67 Å². The third-order valence-corrected chi connectivity index (χ3v) is 1.97. The highest BCUT2D eigenvalue weighted by Crippen LogP contribution is 2.14. The van der Waals surface area contributed by atoms with Crippen LogP contribution in [0, 0.1) is 6.92 Å². The Balaban J connectivity index is 2.53. The topological polar surface area (TPSA) is 30.7 Å². The van der Waals surface area contributed by atoms with Gasteiger partial charge in [0, 0.05) is 18.9 Å². The zero-order valence-electron chi connectivity index (χ0n) is 7.73. The molecule has 3 heteroatoms. The van der Waals surface area contributed by atoms with E-state index in [0.29, 0.717) is 0 Å². The minimum absolute atomic E-state index is 0.972. The molecule has 0 aliphatic heterocycles. The maximum absolute atomic E-state index is 4.42. The van der Waals surface area contributed by atoms with E-state index in [-0.39, 0.29) is 0 Å². The molecule has 3 nitrogen and oxygen atoms in total. The summed E-state index contributed by atoms with van der Waals surface area (Å²) in [6, 6.07) is 7.94. The number of rotatable bonds is 1. The molecule has 0 saturated heterocycles. The molecule has 0 aliphatic carbocycles. The highest BCUT2D eigenvalue weighted by Gasteiger charge is 2.02. The van der Waals surface area contributed by atoms with Gasteiger partial charge in [-0.25, -0.2) is 0 Å². The van der Waals surface area contributed by atoms with Crippen LogP contribution in [0.15, 0.2) is 30.5 Å². The molecule has 2 aromatic heterocycles. The lowest BCUT2D eigenvalue weighted by Crippen LogP contribution is -1.95. The Hall–Kier alpha value is -1.64. The maximum atomic E-state index is 4.42. The predicted octanol–water partition coefficient (Wildman–Crippen LogP) is 1.79. The Bertz CT molecular complexity index is 418. The first-order valence-corrected chi connectivity index (χ1v) is 4.19. The van der Waals surface area contributed by atoms with Crippen LogP contribution in [0.1, 0.15) is 5.69 Å². The second-order valence-corrected chi connectivity index (χ2v) is 3.00. The van der Waals surface area contributed by atoms with E-state index in [2.05, 4.69) is 10.1 Å². The van der Waals surface area contributed by atoms with Crippen LogP contribution in [-0.4, -0.2) is 14.8 Å². The van der Waals surface area contributed by atoms with E-state index in [0.717, 1.165) is 17.1 Å². The van der Waals surface area contributed by atoms with Crippen LogP contribution < -0.4 is 0 Å². The van der Waals surface area contributed by atoms with E-state index in [1.807, 2.05) is 42.9 Å². The molecule has 66 valence electrons. The van der Waals surface area contributed by atoms with Crippen LogP contribution in [0.4, 0.5) is 0 Å². The van der Waals surface area contributed by atoms with E-state index in [9.17, 15) is 0 Å². The van der Waals surface area contributed by atoms with Crippen molar-refractivity contribution in [3.63, 3.8) is 0 Å². The average Bonchev–Trinajstić information content (AvgIpc) is 2.51. The van der Waals surface area contributed by atoms with E-state index in [1.165, 1.54) is 0 Å². The summed E-state index contributed by atoms with van der Waals surface area (Å²) in [4.78, 5) is 4.42. The summed E-state index contributed by atoms with van der Waals surface area (Å²) in [6.45, 7) is 1.99. The van der Waals surface area contributed by atoms with Gasteiger partial charge in [0.1, 0.15) is 0 Å². The molecule has 2 aromatic rings. The molecule has 13 heavy (non-hydrogen) atoms. The third kappa shape index (κ3) is 1.45. The number of aromatic nitrogens is 3. The smallest absolute Gasteiger partial charge is 0.0886 e. The van der Waals surface area contributed by atoms with Gasteiger partial charge >= 0.3 is 0 Å². The van der Waals surface area contributed by atoms with Gasteiger partial charge in [-0.15, -0.1) is 0 Å². The van der Waals surface area contributed by atoms with Gasteiger partial charge < -0.3 is 0 Å². The highest BCUT2D eigenvalue weighted by molar-refractivity contribution is 5.53. The van der Waals surface area contributed by atoms with Crippen LogP contribution in [0.5, 0.6) is 0 Å². The van der Waals surface area contributed by atoms with Crippen molar-refractivity contribution in [3.05, 3.63) is 36.2 Å². The molecular weight excluding hydrogens is 162 g/mol. The number of nitrogens with zero attached hydrogens (tertiary/aromatic N) is 3. The molecule has 0 atom stereocenters. The summed E-state index contributed by atoms with van der Waals surface area (Å²) in [6.07, 6.45) is 1.78. The van der Waals surface area contributed by atoms with Gasteiger partial charge in [-0.05, 0) is 25.1 Å². The van der Waals surface area contributed by atoms with E-state index in [1.54, 1.807) is 6.20 Å². The molecule has 2 heterocycles. The van der Waals surface area contributed by atoms with Crippen LogP contribution in [0.25, 0.3) is 11.4 Å². The fourth-order valence-corrected chi connectivity index (χ4v) is 1.31. The SMILES string of the molecule is Cc1cccc(-c2ccnn2C)n1. The molecule has 0 fully saturated rings. The number of pyridine rings is 1. The molecule has 0 bridgehead atoms. The molecule has 0 saturated carbocycles. The van der Waals surface area contributed by atoms with Gasteiger partial charge in [-0.1, -0.05) is 6.07 Å². The quantitative estimate of drug-likeness (QED) is 0.658. The Kier molecular flexibility index (Phi) is 1.85. The van der Waals surface area contributed by atoms with Crippen molar-refractivity contribution in [2.24, 2.45) is 7.05 Å². The molecule has 0 aliphatic rings. The van der Waals surface area contributed by atoms with Gasteiger partial charge in [0.15, 0.2) is 0 Å². The first-order valence-electron chi connectivity index (χ1n) is 4.19. The molecular formula is C10H11N3. The Morgan fingerprint density at radius 1 is 1.23 bits per heavy atom. The highest BCUT2D eigenvalue weighted by atomic mass is 15.3. The van der Waals surface area contributed by atoms with Crippen LogP contribution in [0.2, 0.25) is 0 Å². The normalized spacial score (nSPS) is 10.3. The summed E-state index contributed by atoms with van der Waals surface area (Å²) < 4.78 is 1.82. The van der Waals surface area contributed by atoms with E-state index >= 15 is 0 Å². The van der Waals surface area contributed by atoms with Gasteiger partial charge in [0.2, 0.25) is 0 Å². The fraction of sp³-hybridized carbons (Fsp3) is 0.200. The minimum Gasteiger partial charge on any atom is -0.266 e. The summed E-state index contributed by atoms with van der Waals surface area (Å²) in [5.74, 6) is 0. The first kappa shape index (κ1) is 7.98. The van der Waals surface area contributed by atoms with Crippen LogP contribution in [0.3, 0.4) is 0 Å². The Morgan fingerprint density at radius 3 is 2.69 bits per heavy atom. The second-order valence-electron chi connectivity index (χ2n) is 3.00. The Morgan fingerprint density at radius 2 is 2.08 bits per heavy atom. The van der Waals surface area contributed by atoms with Crippen molar-refractivity contribution in [1.82, 2.24) is 14.8 Å². The lowest BCUT2D eigenvalue weighted by molar-refractivity contribution is 0.773. The van der Waals surface area contributed by atoms with Crippen LogP contribution >= 0.6 is 0 Å². The lowest BCUT2D eigenvalue weighted by atomic mass is 10.2. The first-order chi connectivity index (χ1) is 6.27. The summed E-state index contributed by atoms with van der Waals surface area (Å²) in [5.41, 5.74) is 3.04. The van der Waals surface area contributed by atoms with E-state index < -0.39 is 0 Å². The predicted molar refractivity (Wildman–Crippen MR) is 51.2 cm³/mol.